The highest BCUT2D eigenvalue weighted by atomic mass is 16.8. The molecule has 0 spiro atoms. The number of aliphatic hydroxyl groups is 2. The van der Waals surface area contributed by atoms with E-state index in [2.05, 4.69) is 39.8 Å². The van der Waals surface area contributed by atoms with Crippen LogP contribution in [0.25, 0.3) is 0 Å². The summed E-state index contributed by atoms with van der Waals surface area (Å²) in [6.07, 6.45) is 6.08. The minimum Gasteiger partial charge on any atom is -0.457 e. The maximum atomic E-state index is 11.4. The first-order valence-corrected chi connectivity index (χ1v) is 13.5. The lowest BCUT2D eigenvalue weighted by atomic mass is 9.63. The van der Waals surface area contributed by atoms with Gasteiger partial charge in [0.1, 0.15) is 18.3 Å². The summed E-state index contributed by atoms with van der Waals surface area (Å²) >= 11 is 0. The van der Waals surface area contributed by atoms with Crippen molar-refractivity contribution in [1.29, 1.82) is 0 Å². The van der Waals surface area contributed by atoms with Crippen molar-refractivity contribution in [2.75, 3.05) is 6.61 Å². The summed E-state index contributed by atoms with van der Waals surface area (Å²) in [5, 5.41) is 21.1. The summed E-state index contributed by atoms with van der Waals surface area (Å²) in [6, 6.07) is 0. The number of fused-ring (bicyclic) bond motifs is 3. The minimum atomic E-state index is -1.27. The van der Waals surface area contributed by atoms with Gasteiger partial charge in [0, 0.05) is 12.8 Å². The lowest BCUT2D eigenvalue weighted by Crippen LogP contribution is -2.59. The van der Waals surface area contributed by atoms with Crippen molar-refractivity contribution in [1.82, 2.24) is 0 Å². The summed E-state index contributed by atoms with van der Waals surface area (Å²) in [6.45, 7) is 10.5. The molecule has 2 fully saturated rings. The van der Waals surface area contributed by atoms with E-state index in [1.54, 1.807) is 11.1 Å². The zero-order valence-electron chi connectivity index (χ0n) is 21.9. The summed E-state index contributed by atoms with van der Waals surface area (Å²) in [4.78, 5) is 11.4. The molecule has 0 aromatic rings. The number of allylic oxidation sites excluding steroid dienone is 4. The summed E-state index contributed by atoms with van der Waals surface area (Å²) in [5.41, 5.74) is 3.12. The van der Waals surface area contributed by atoms with Crippen LogP contribution in [0.3, 0.4) is 0 Å². The highest BCUT2D eigenvalue weighted by Crippen LogP contribution is 2.46. The van der Waals surface area contributed by atoms with Crippen molar-refractivity contribution in [3.05, 3.63) is 23.3 Å². The third-order valence-electron chi connectivity index (χ3n) is 8.73. The Kier molecular flexibility index (Phi) is 8.75. The van der Waals surface area contributed by atoms with E-state index in [1.165, 1.54) is 26.2 Å². The van der Waals surface area contributed by atoms with Gasteiger partial charge in [0.15, 0.2) is 18.7 Å². The van der Waals surface area contributed by atoms with Crippen molar-refractivity contribution in [2.24, 2.45) is 29.6 Å². The van der Waals surface area contributed by atoms with Gasteiger partial charge in [0.25, 0.3) is 0 Å². The fourth-order valence-corrected chi connectivity index (χ4v) is 6.55. The first-order valence-electron chi connectivity index (χ1n) is 13.5. The third-order valence-corrected chi connectivity index (χ3v) is 8.73. The van der Waals surface area contributed by atoms with Crippen molar-refractivity contribution >= 4 is 5.97 Å². The number of ether oxygens (including phenoxy) is 4. The SMILES string of the molecule is CC(=O)O[C@@H]1[C@@H](O)[C@@H]2O[C@@H]([C@H](C)CCCC(C)[C@@H]3CC=C(C)[C@H]4CCC(C)=C[C@H]43)OC[C@@H](O2)[C@H]1O. The average molecular weight is 493 g/mol. The van der Waals surface area contributed by atoms with Gasteiger partial charge >= 0.3 is 5.97 Å². The molecule has 2 bridgehead atoms. The van der Waals surface area contributed by atoms with Crippen LogP contribution >= 0.6 is 0 Å². The fraction of sp³-hybridized carbons (Fsp3) is 0.821. The zero-order valence-corrected chi connectivity index (χ0v) is 21.9. The lowest BCUT2D eigenvalue weighted by molar-refractivity contribution is -0.306. The molecule has 2 aliphatic heterocycles. The summed E-state index contributed by atoms with van der Waals surface area (Å²) in [7, 11) is 0. The topological polar surface area (TPSA) is 94.5 Å². The molecule has 2 aliphatic carbocycles. The van der Waals surface area contributed by atoms with E-state index >= 15 is 0 Å². The summed E-state index contributed by atoms with van der Waals surface area (Å²) < 4.78 is 22.8. The van der Waals surface area contributed by atoms with Crippen LogP contribution in [0, 0.1) is 29.6 Å². The Morgan fingerprint density at radius 3 is 2.63 bits per heavy atom. The second-order valence-electron chi connectivity index (χ2n) is 11.4. The predicted octanol–water partition coefficient (Wildman–Crippen LogP) is 4.12. The number of esters is 1. The van der Waals surface area contributed by atoms with Crippen LogP contribution in [0.15, 0.2) is 23.3 Å². The van der Waals surface area contributed by atoms with Crippen LogP contribution in [-0.4, -0.2) is 59.8 Å². The molecule has 2 N–H and O–H groups in total. The molecule has 0 radical (unpaired) electrons. The molecule has 0 saturated carbocycles. The number of hydrogen-bond donors (Lipinski definition) is 2. The lowest BCUT2D eigenvalue weighted by Gasteiger charge is -2.42. The van der Waals surface area contributed by atoms with Crippen molar-refractivity contribution < 1.29 is 34.0 Å². The second-order valence-corrected chi connectivity index (χ2v) is 11.4. The quantitative estimate of drug-likeness (QED) is 0.408. The molecule has 11 atom stereocenters. The molecule has 0 amide bonds. The molecule has 0 aromatic heterocycles. The molecule has 198 valence electrons. The van der Waals surface area contributed by atoms with Crippen LogP contribution in [0.4, 0.5) is 0 Å². The number of aliphatic hydroxyl groups excluding tert-OH is 2. The Hall–Kier alpha value is -1.25. The molecule has 7 nitrogen and oxygen atoms in total. The molecular formula is C28H44O7. The van der Waals surface area contributed by atoms with Crippen molar-refractivity contribution in [2.45, 2.75) is 110 Å². The van der Waals surface area contributed by atoms with E-state index in [1.807, 2.05) is 0 Å². The molecule has 4 rings (SSSR count). The Bertz CT molecular complexity index is 807. The van der Waals surface area contributed by atoms with Gasteiger partial charge in [0.05, 0.1) is 6.61 Å². The van der Waals surface area contributed by atoms with Gasteiger partial charge < -0.3 is 29.2 Å². The first-order chi connectivity index (χ1) is 16.7. The van der Waals surface area contributed by atoms with E-state index in [0.29, 0.717) is 23.7 Å². The zero-order chi connectivity index (χ0) is 25.3. The van der Waals surface area contributed by atoms with E-state index < -0.39 is 43.0 Å². The number of rotatable bonds is 7. The molecule has 2 heterocycles. The largest absolute Gasteiger partial charge is 0.457 e. The highest BCUT2D eigenvalue weighted by Gasteiger charge is 2.50. The maximum Gasteiger partial charge on any atom is 0.303 e. The number of carbonyl (C=O) groups is 1. The van der Waals surface area contributed by atoms with Crippen LogP contribution in [0.2, 0.25) is 0 Å². The molecule has 4 aliphatic rings. The Morgan fingerprint density at radius 2 is 1.89 bits per heavy atom. The molecule has 7 heteroatoms. The first kappa shape index (κ1) is 26.8. The van der Waals surface area contributed by atoms with E-state index in [-0.39, 0.29) is 12.5 Å². The van der Waals surface area contributed by atoms with Gasteiger partial charge in [0.2, 0.25) is 0 Å². The molecule has 35 heavy (non-hydrogen) atoms. The van der Waals surface area contributed by atoms with Crippen LogP contribution in [0.1, 0.15) is 73.1 Å². The molecular weight excluding hydrogens is 448 g/mol. The Morgan fingerprint density at radius 1 is 1.14 bits per heavy atom. The third kappa shape index (κ3) is 6.02. The maximum absolute atomic E-state index is 11.4. The van der Waals surface area contributed by atoms with Gasteiger partial charge in [-0.15, -0.1) is 0 Å². The van der Waals surface area contributed by atoms with E-state index in [4.69, 9.17) is 18.9 Å². The second kappa shape index (κ2) is 11.4. The minimum absolute atomic E-state index is 0.0970. The fourth-order valence-electron chi connectivity index (χ4n) is 6.55. The number of hydrogen-bond acceptors (Lipinski definition) is 7. The van der Waals surface area contributed by atoms with E-state index in [9.17, 15) is 15.0 Å². The van der Waals surface area contributed by atoms with Gasteiger partial charge in [-0.05, 0) is 63.2 Å². The molecule has 2 saturated heterocycles. The molecule has 1 unspecified atom stereocenters. The van der Waals surface area contributed by atoms with Crippen molar-refractivity contribution in [3.63, 3.8) is 0 Å². The van der Waals surface area contributed by atoms with Crippen LogP contribution in [0.5, 0.6) is 0 Å². The van der Waals surface area contributed by atoms with E-state index in [0.717, 1.165) is 19.3 Å². The predicted molar refractivity (Wildman–Crippen MR) is 131 cm³/mol. The van der Waals surface area contributed by atoms with Gasteiger partial charge in [-0.25, -0.2) is 0 Å². The van der Waals surface area contributed by atoms with Crippen molar-refractivity contribution in [3.8, 4) is 0 Å². The smallest absolute Gasteiger partial charge is 0.303 e. The highest BCUT2D eigenvalue weighted by molar-refractivity contribution is 5.66. The van der Waals surface area contributed by atoms with Gasteiger partial charge in [-0.1, -0.05) is 50.0 Å². The van der Waals surface area contributed by atoms with Crippen LogP contribution in [-0.2, 0) is 23.7 Å². The number of carbonyl (C=O) groups excluding carboxylic acids is 1. The standard InChI is InChI=1S/C28H44O7/c1-15-9-11-20-17(3)10-12-21(22(20)13-15)16(2)7-6-8-18(4)27-32-14-23-24(30)26(33-19(5)29)25(31)28(34-23)35-27/h10,13,16,18,20-28,30-31H,6-9,11-12,14H2,1-5H3/t16?,18-,20-,21+,22-,23-,24-,25-,26+,27+,28+/m1/s1. The monoisotopic (exact) mass is 492 g/mol. The Labute approximate surface area is 209 Å². The average Bonchev–Trinajstić information content (AvgIpc) is 3.02. The van der Waals surface area contributed by atoms with Crippen LogP contribution < -0.4 is 0 Å². The summed E-state index contributed by atoms with van der Waals surface area (Å²) in [5.74, 6) is 2.25. The Balaban J connectivity index is 1.30. The normalized spacial score (nSPS) is 41.1. The van der Waals surface area contributed by atoms with Gasteiger partial charge in [-0.3, -0.25) is 4.79 Å². The van der Waals surface area contributed by atoms with Gasteiger partial charge in [-0.2, -0.15) is 0 Å². The molecule has 0 aromatic carbocycles.